The molecule has 30 heavy (non-hydrogen) atoms. The number of aliphatic hydroxyl groups is 1. The van der Waals surface area contributed by atoms with Gasteiger partial charge < -0.3 is 14.3 Å². The fourth-order valence-electron chi connectivity index (χ4n) is 2.93. The van der Waals surface area contributed by atoms with E-state index in [2.05, 4.69) is 38.8 Å². The first-order valence-electron chi connectivity index (χ1n) is 10.3. The molecule has 0 aliphatic carbocycles. The minimum atomic E-state index is -1.88. The van der Waals surface area contributed by atoms with Crippen LogP contribution in [0, 0.1) is 0 Å². The normalized spacial score (nSPS) is 13.4. The summed E-state index contributed by atoms with van der Waals surface area (Å²) in [6.45, 7) is 13.3. The summed E-state index contributed by atoms with van der Waals surface area (Å²) in [5.74, 6) is 0. The highest BCUT2D eigenvalue weighted by Gasteiger charge is 2.36. The molecule has 2 rings (SSSR count). The second-order valence-electron chi connectivity index (χ2n) is 8.86. The maximum Gasteiger partial charge on any atom is 0.330 e. The van der Waals surface area contributed by atoms with Gasteiger partial charge in [-0.05, 0) is 30.1 Å². The zero-order chi connectivity index (χ0) is 22.5. The Hall–Kier alpha value is -2.00. The van der Waals surface area contributed by atoms with E-state index in [4.69, 9.17) is 9.16 Å². The summed E-state index contributed by atoms with van der Waals surface area (Å²) in [5.41, 5.74) is 0.152. The first kappa shape index (κ1) is 24.3. The third-order valence-electron chi connectivity index (χ3n) is 5.78. The van der Waals surface area contributed by atoms with Gasteiger partial charge in [-0.25, -0.2) is 4.79 Å². The Morgan fingerprint density at radius 3 is 2.33 bits per heavy atom. The monoisotopic (exact) mass is 434 g/mol. The van der Waals surface area contributed by atoms with E-state index >= 15 is 0 Å². The molecule has 1 unspecified atom stereocenters. The van der Waals surface area contributed by atoms with Crippen LogP contribution >= 0.6 is 0 Å². The quantitative estimate of drug-likeness (QED) is 0.467. The molecule has 166 valence electrons. The van der Waals surface area contributed by atoms with Crippen LogP contribution in [0.2, 0.25) is 18.1 Å². The van der Waals surface area contributed by atoms with Gasteiger partial charge in [0.15, 0.2) is 8.32 Å². The molecule has 0 aliphatic heterocycles. The van der Waals surface area contributed by atoms with Crippen molar-refractivity contribution in [2.24, 2.45) is 0 Å². The zero-order valence-electron chi connectivity index (χ0n) is 18.8. The summed E-state index contributed by atoms with van der Waals surface area (Å²) in [5, 5.41) is 11.0. The fourth-order valence-corrected chi connectivity index (χ4v) is 3.96. The van der Waals surface area contributed by atoms with Gasteiger partial charge in [-0.15, -0.1) is 0 Å². The van der Waals surface area contributed by atoms with Gasteiger partial charge >= 0.3 is 5.69 Å². The van der Waals surface area contributed by atoms with Crippen LogP contribution in [-0.4, -0.2) is 36.2 Å². The topological polar surface area (TPSA) is 93.6 Å². The lowest BCUT2D eigenvalue weighted by atomic mass is 10.0. The number of rotatable bonds is 9. The summed E-state index contributed by atoms with van der Waals surface area (Å²) in [6.07, 6.45) is -0.730. The minimum Gasteiger partial charge on any atom is -0.414 e. The molecular weight excluding hydrogens is 400 g/mol. The number of aromatic nitrogens is 2. The van der Waals surface area contributed by atoms with Crippen LogP contribution in [0.4, 0.5) is 0 Å². The largest absolute Gasteiger partial charge is 0.414 e. The van der Waals surface area contributed by atoms with Gasteiger partial charge in [0.05, 0.1) is 18.9 Å². The number of nitrogens with one attached hydrogen (secondary N) is 1. The molecule has 7 nitrogen and oxygen atoms in total. The smallest absolute Gasteiger partial charge is 0.330 e. The molecule has 0 aliphatic rings. The van der Waals surface area contributed by atoms with Gasteiger partial charge in [0.2, 0.25) is 0 Å². The number of hydrogen-bond donors (Lipinski definition) is 2. The standard InChI is InChI=1S/C22H34N2O5Si/c1-7-17-18(19(25)16-11-9-8-10-12-16)24(21(27)23-20(17)26)15-28-13-14-29-30(5,6)22(2,3)4/h8-12,19,25H,7,13-15H2,1-6H3,(H,23,26,27). The van der Waals surface area contributed by atoms with E-state index in [0.717, 1.165) is 0 Å². The van der Waals surface area contributed by atoms with Crippen LogP contribution in [0.15, 0.2) is 39.9 Å². The molecule has 2 aromatic rings. The summed E-state index contributed by atoms with van der Waals surface area (Å²) < 4.78 is 13.1. The summed E-state index contributed by atoms with van der Waals surface area (Å²) in [7, 11) is -1.88. The molecule has 0 saturated heterocycles. The number of H-pyrrole nitrogens is 1. The molecule has 0 bridgehead atoms. The molecule has 1 aromatic heterocycles. The lowest BCUT2D eigenvalue weighted by Gasteiger charge is -2.36. The second-order valence-corrected chi connectivity index (χ2v) is 13.7. The van der Waals surface area contributed by atoms with Gasteiger partial charge in [-0.1, -0.05) is 58.0 Å². The van der Waals surface area contributed by atoms with Gasteiger partial charge in [0.25, 0.3) is 5.56 Å². The Morgan fingerprint density at radius 1 is 1.13 bits per heavy atom. The molecule has 1 heterocycles. The zero-order valence-corrected chi connectivity index (χ0v) is 19.8. The summed E-state index contributed by atoms with van der Waals surface area (Å²) in [4.78, 5) is 27.2. The van der Waals surface area contributed by atoms with Crippen molar-refractivity contribution in [1.82, 2.24) is 9.55 Å². The molecule has 2 N–H and O–H groups in total. The Bertz CT molecular complexity index is 945. The highest BCUT2D eigenvalue weighted by Crippen LogP contribution is 2.36. The van der Waals surface area contributed by atoms with E-state index in [0.29, 0.717) is 30.8 Å². The molecule has 1 aromatic carbocycles. The van der Waals surface area contributed by atoms with Gasteiger partial charge in [0.1, 0.15) is 12.8 Å². The molecule has 8 heteroatoms. The van der Waals surface area contributed by atoms with Crippen molar-refractivity contribution >= 4 is 8.32 Å². The number of aliphatic hydroxyl groups excluding tert-OH is 1. The second kappa shape index (κ2) is 9.87. The number of ether oxygens (including phenoxy) is 1. The van der Waals surface area contributed by atoms with Crippen molar-refractivity contribution in [2.45, 2.75) is 65.1 Å². The Labute approximate surface area is 178 Å². The maximum atomic E-state index is 12.5. The Balaban J connectivity index is 2.22. The molecule has 0 radical (unpaired) electrons. The molecule has 1 atom stereocenters. The third-order valence-corrected chi connectivity index (χ3v) is 10.3. The van der Waals surface area contributed by atoms with Gasteiger partial charge in [0, 0.05) is 5.56 Å². The van der Waals surface area contributed by atoms with E-state index in [1.807, 2.05) is 13.0 Å². The lowest BCUT2D eigenvalue weighted by Crippen LogP contribution is -2.41. The highest BCUT2D eigenvalue weighted by molar-refractivity contribution is 6.74. The minimum absolute atomic E-state index is 0.0807. The van der Waals surface area contributed by atoms with E-state index in [1.165, 1.54) is 4.57 Å². The van der Waals surface area contributed by atoms with Crippen LogP contribution in [-0.2, 0) is 22.3 Å². The summed E-state index contributed by atoms with van der Waals surface area (Å²) >= 11 is 0. The fraction of sp³-hybridized carbons (Fsp3) is 0.545. The molecule has 0 saturated carbocycles. The van der Waals surface area contributed by atoms with Crippen molar-refractivity contribution in [3.8, 4) is 0 Å². The van der Waals surface area contributed by atoms with E-state index in [1.54, 1.807) is 24.3 Å². The van der Waals surface area contributed by atoms with Crippen molar-refractivity contribution in [3.05, 3.63) is 68.0 Å². The van der Waals surface area contributed by atoms with Crippen molar-refractivity contribution < 1.29 is 14.3 Å². The first-order valence-corrected chi connectivity index (χ1v) is 13.2. The van der Waals surface area contributed by atoms with Crippen molar-refractivity contribution in [3.63, 3.8) is 0 Å². The molecule has 0 fully saturated rings. The van der Waals surface area contributed by atoms with Crippen molar-refractivity contribution in [2.75, 3.05) is 13.2 Å². The lowest BCUT2D eigenvalue weighted by molar-refractivity contribution is 0.0427. The summed E-state index contributed by atoms with van der Waals surface area (Å²) in [6, 6.07) is 8.96. The molecule has 0 amide bonds. The van der Waals surface area contributed by atoms with Crippen molar-refractivity contribution in [1.29, 1.82) is 0 Å². The third kappa shape index (κ3) is 5.57. The van der Waals surface area contributed by atoms with Gasteiger partial charge in [-0.2, -0.15) is 0 Å². The number of aromatic amines is 1. The highest BCUT2D eigenvalue weighted by atomic mass is 28.4. The predicted molar refractivity (Wildman–Crippen MR) is 120 cm³/mol. The SMILES string of the molecule is CCc1c(C(O)c2ccccc2)n(COCCO[Si](C)(C)C(C)(C)C)c(=O)[nH]c1=O. The van der Waals surface area contributed by atoms with Crippen LogP contribution in [0.25, 0.3) is 0 Å². The first-order chi connectivity index (χ1) is 14.0. The van der Waals surface area contributed by atoms with Gasteiger partial charge in [-0.3, -0.25) is 14.3 Å². The average molecular weight is 435 g/mol. The molecule has 0 spiro atoms. The van der Waals surface area contributed by atoms with Crippen LogP contribution < -0.4 is 11.2 Å². The average Bonchev–Trinajstić information content (AvgIpc) is 2.68. The molecular formula is C22H34N2O5Si. The number of nitrogens with zero attached hydrogens (tertiary/aromatic N) is 1. The number of benzene rings is 1. The maximum absolute atomic E-state index is 12.5. The van der Waals surface area contributed by atoms with Crippen LogP contribution in [0.1, 0.15) is 50.6 Å². The number of hydrogen-bond acceptors (Lipinski definition) is 5. The van der Waals surface area contributed by atoms with E-state index in [9.17, 15) is 14.7 Å². The van der Waals surface area contributed by atoms with E-state index in [-0.39, 0.29) is 17.5 Å². The Morgan fingerprint density at radius 2 is 1.77 bits per heavy atom. The van der Waals surface area contributed by atoms with E-state index < -0.39 is 25.7 Å². The van der Waals surface area contributed by atoms with Crippen LogP contribution in [0.3, 0.4) is 0 Å². The van der Waals surface area contributed by atoms with Crippen LogP contribution in [0.5, 0.6) is 0 Å². The Kier molecular flexibility index (Phi) is 7.98. The predicted octanol–water partition coefficient (Wildman–Crippen LogP) is 3.18.